The first kappa shape index (κ1) is 15.8. The summed E-state index contributed by atoms with van der Waals surface area (Å²) in [5, 5.41) is 0.260. The molecular formula is C13H10BrCl2NO2S. The predicted octanol–water partition coefficient (Wildman–Crippen LogP) is 4.43. The van der Waals surface area contributed by atoms with Crippen molar-refractivity contribution in [2.75, 3.05) is 0 Å². The number of aryl methyl sites for hydroxylation is 1. The molecular weight excluding hydrogens is 385 g/mol. The lowest BCUT2D eigenvalue weighted by molar-refractivity contribution is 0.594. The Morgan fingerprint density at radius 1 is 1.20 bits per heavy atom. The Morgan fingerprint density at radius 3 is 2.55 bits per heavy atom. The van der Waals surface area contributed by atoms with Gasteiger partial charge in [0.25, 0.3) is 0 Å². The zero-order valence-electron chi connectivity index (χ0n) is 10.4. The summed E-state index contributed by atoms with van der Waals surface area (Å²) in [4.78, 5) is 4.26. The van der Waals surface area contributed by atoms with E-state index in [1.165, 1.54) is 6.07 Å². The Bertz CT molecular complexity index is 763. The van der Waals surface area contributed by atoms with Gasteiger partial charge in [0, 0.05) is 4.47 Å². The first-order valence-corrected chi connectivity index (χ1v) is 8.80. The second-order valence-electron chi connectivity index (χ2n) is 4.18. The van der Waals surface area contributed by atoms with E-state index in [9.17, 15) is 8.42 Å². The van der Waals surface area contributed by atoms with E-state index in [1.54, 1.807) is 31.2 Å². The van der Waals surface area contributed by atoms with E-state index < -0.39 is 9.84 Å². The van der Waals surface area contributed by atoms with Crippen molar-refractivity contribution in [3.05, 3.63) is 56.2 Å². The Kier molecular flexibility index (Phi) is 4.74. The molecule has 1 aromatic heterocycles. The van der Waals surface area contributed by atoms with E-state index in [0.29, 0.717) is 5.69 Å². The van der Waals surface area contributed by atoms with Gasteiger partial charge in [0.1, 0.15) is 0 Å². The Labute approximate surface area is 136 Å². The number of halogens is 3. The van der Waals surface area contributed by atoms with Crippen molar-refractivity contribution in [3.63, 3.8) is 0 Å². The van der Waals surface area contributed by atoms with Crippen LogP contribution in [0.1, 0.15) is 11.4 Å². The number of benzene rings is 1. The van der Waals surface area contributed by atoms with E-state index >= 15 is 0 Å². The van der Waals surface area contributed by atoms with Gasteiger partial charge in [-0.1, -0.05) is 29.3 Å². The fraction of sp³-hybridized carbons (Fsp3) is 0.154. The molecule has 0 atom stereocenters. The molecule has 0 spiro atoms. The molecule has 0 aliphatic rings. The van der Waals surface area contributed by atoms with Crippen molar-refractivity contribution < 1.29 is 8.42 Å². The normalized spacial score (nSPS) is 11.6. The molecule has 2 rings (SSSR count). The lowest BCUT2D eigenvalue weighted by Gasteiger charge is -2.08. The van der Waals surface area contributed by atoms with Crippen LogP contribution in [-0.2, 0) is 15.6 Å². The molecule has 0 saturated carbocycles. The number of hydrogen-bond acceptors (Lipinski definition) is 3. The van der Waals surface area contributed by atoms with Crippen molar-refractivity contribution in [3.8, 4) is 0 Å². The second-order valence-corrected chi connectivity index (χ2v) is 7.78. The number of aromatic nitrogens is 1. The zero-order chi connectivity index (χ0) is 14.9. The quantitative estimate of drug-likeness (QED) is 0.773. The van der Waals surface area contributed by atoms with E-state index in [1.807, 2.05) is 0 Å². The molecule has 20 heavy (non-hydrogen) atoms. The summed E-state index contributed by atoms with van der Waals surface area (Å²) >= 11 is 15.1. The third kappa shape index (κ3) is 3.34. The van der Waals surface area contributed by atoms with Crippen LogP contribution >= 0.6 is 39.1 Å². The SMILES string of the molecule is Cc1nc(CS(=O)(=O)c2cccc(Cl)c2Cl)ccc1Br. The van der Waals surface area contributed by atoms with Crippen LogP contribution in [0, 0.1) is 6.92 Å². The van der Waals surface area contributed by atoms with Crippen LogP contribution in [0.15, 0.2) is 39.7 Å². The molecule has 0 unspecified atom stereocenters. The summed E-state index contributed by atoms with van der Waals surface area (Å²) in [6.45, 7) is 1.80. The summed E-state index contributed by atoms with van der Waals surface area (Å²) in [6, 6.07) is 7.97. The Balaban J connectivity index is 2.41. The van der Waals surface area contributed by atoms with Gasteiger partial charge < -0.3 is 0 Å². The average Bonchev–Trinajstić information content (AvgIpc) is 2.36. The number of sulfone groups is 1. The predicted molar refractivity (Wildman–Crippen MR) is 84.0 cm³/mol. The molecule has 1 heterocycles. The van der Waals surface area contributed by atoms with E-state index in [-0.39, 0.29) is 20.7 Å². The molecule has 0 aliphatic carbocycles. The molecule has 0 amide bonds. The lowest BCUT2D eigenvalue weighted by Crippen LogP contribution is -2.07. The highest BCUT2D eigenvalue weighted by atomic mass is 79.9. The Hall–Kier alpha value is -0.620. The van der Waals surface area contributed by atoms with Gasteiger partial charge in [-0.3, -0.25) is 4.98 Å². The van der Waals surface area contributed by atoms with Gasteiger partial charge in [-0.25, -0.2) is 8.42 Å². The van der Waals surface area contributed by atoms with Crippen molar-refractivity contribution in [2.45, 2.75) is 17.6 Å². The maximum Gasteiger partial charge on any atom is 0.185 e. The highest BCUT2D eigenvalue weighted by Gasteiger charge is 2.21. The molecule has 3 nitrogen and oxygen atoms in total. The summed E-state index contributed by atoms with van der Waals surface area (Å²) in [6.07, 6.45) is 0. The molecule has 1 aromatic carbocycles. The number of hydrogen-bond donors (Lipinski definition) is 0. The monoisotopic (exact) mass is 393 g/mol. The van der Waals surface area contributed by atoms with Crippen LogP contribution in [0.5, 0.6) is 0 Å². The summed E-state index contributed by atoms with van der Waals surface area (Å²) < 4.78 is 25.6. The van der Waals surface area contributed by atoms with Gasteiger partial charge >= 0.3 is 0 Å². The fourth-order valence-corrected chi connectivity index (χ4v) is 3.98. The minimum atomic E-state index is -3.59. The van der Waals surface area contributed by atoms with Crippen LogP contribution in [0.4, 0.5) is 0 Å². The highest BCUT2D eigenvalue weighted by molar-refractivity contribution is 9.10. The molecule has 0 bridgehead atoms. The minimum Gasteiger partial charge on any atom is -0.256 e. The zero-order valence-corrected chi connectivity index (χ0v) is 14.3. The molecule has 0 saturated heterocycles. The highest BCUT2D eigenvalue weighted by Crippen LogP contribution is 2.30. The smallest absolute Gasteiger partial charge is 0.185 e. The van der Waals surface area contributed by atoms with Crippen molar-refractivity contribution in [1.29, 1.82) is 0 Å². The summed E-state index contributed by atoms with van der Waals surface area (Å²) in [5.41, 5.74) is 1.19. The van der Waals surface area contributed by atoms with Gasteiger partial charge in [0.05, 0.1) is 32.1 Å². The maximum atomic E-state index is 12.4. The van der Waals surface area contributed by atoms with Gasteiger partial charge in [-0.15, -0.1) is 0 Å². The first-order valence-electron chi connectivity index (χ1n) is 5.60. The topological polar surface area (TPSA) is 47.0 Å². The molecule has 0 radical (unpaired) electrons. The molecule has 0 fully saturated rings. The van der Waals surface area contributed by atoms with Crippen molar-refractivity contribution >= 4 is 49.0 Å². The minimum absolute atomic E-state index is 0.0223. The summed E-state index contributed by atoms with van der Waals surface area (Å²) in [7, 11) is -3.59. The van der Waals surface area contributed by atoms with Crippen LogP contribution in [0.2, 0.25) is 10.0 Å². The van der Waals surface area contributed by atoms with Crippen LogP contribution in [0.25, 0.3) is 0 Å². The average molecular weight is 395 g/mol. The van der Waals surface area contributed by atoms with Crippen LogP contribution in [0.3, 0.4) is 0 Å². The number of rotatable bonds is 3. The third-order valence-corrected chi connectivity index (χ3v) is 6.12. The first-order chi connectivity index (χ1) is 9.31. The van der Waals surface area contributed by atoms with Gasteiger partial charge in [0.15, 0.2) is 9.84 Å². The van der Waals surface area contributed by atoms with Crippen molar-refractivity contribution in [1.82, 2.24) is 4.98 Å². The van der Waals surface area contributed by atoms with Crippen molar-refractivity contribution in [2.24, 2.45) is 0 Å². The van der Waals surface area contributed by atoms with Gasteiger partial charge in [0.2, 0.25) is 0 Å². The fourth-order valence-electron chi connectivity index (χ4n) is 1.67. The molecule has 7 heteroatoms. The molecule has 0 N–H and O–H groups in total. The van der Waals surface area contributed by atoms with Gasteiger partial charge in [-0.05, 0) is 47.1 Å². The largest absolute Gasteiger partial charge is 0.256 e. The van der Waals surface area contributed by atoms with Crippen LogP contribution < -0.4 is 0 Å². The molecule has 2 aromatic rings. The Morgan fingerprint density at radius 2 is 1.90 bits per heavy atom. The van der Waals surface area contributed by atoms with Gasteiger partial charge in [-0.2, -0.15) is 0 Å². The third-order valence-electron chi connectivity index (χ3n) is 2.67. The molecule has 0 aliphatic heterocycles. The van der Waals surface area contributed by atoms with E-state index in [2.05, 4.69) is 20.9 Å². The lowest BCUT2D eigenvalue weighted by atomic mass is 10.3. The number of nitrogens with zero attached hydrogens (tertiary/aromatic N) is 1. The van der Waals surface area contributed by atoms with Crippen LogP contribution in [-0.4, -0.2) is 13.4 Å². The maximum absolute atomic E-state index is 12.4. The summed E-state index contributed by atoms with van der Waals surface area (Å²) in [5.74, 6) is -0.221. The second kappa shape index (κ2) is 6.02. The van der Waals surface area contributed by atoms with E-state index in [0.717, 1.165) is 10.2 Å². The molecule has 106 valence electrons. The number of pyridine rings is 1. The van der Waals surface area contributed by atoms with E-state index in [4.69, 9.17) is 23.2 Å². The standard InChI is InChI=1S/C13H10BrCl2NO2S/c1-8-10(14)6-5-9(17-8)7-20(18,19)12-4-2-3-11(15)13(12)16/h2-6H,7H2,1H3.